The molecule has 0 N–H and O–H groups in total. The second-order valence-corrected chi connectivity index (χ2v) is 5.78. The summed E-state index contributed by atoms with van der Waals surface area (Å²) in [5.74, 6) is 0.961. The molecule has 18 heavy (non-hydrogen) atoms. The van der Waals surface area contributed by atoms with E-state index >= 15 is 0 Å². The molecule has 0 amide bonds. The Hall–Kier alpha value is -1.12. The molecule has 0 saturated carbocycles. The highest BCUT2D eigenvalue weighted by molar-refractivity contribution is 5.76. The molecule has 4 atom stereocenters. The molecule has 3 nitrogen and oxygen atoms in total. The van der Waals surface area contributed by atoms with Gasteiger partial charge >= 0.3 is 5.97 Å². The number of ether oxygens (including phenoxy) is 1. The first-order valence-corrected chi connectivity index (χ1v) is 6.88. The topological polar surface area (TPSA) is 43.4 Å². The predicted octanol–water partition coefficient (Wildman–Crippen LogP) is 2.89. The highest BCUT2D eigenvalue weighted by atomic mass is 16.6. The highest BCUT2D eigenvalue weighted by Crippen LogP contribution is 2.39. The summed E-state index contributed by atoms with van der Waals surface area (Å²) in [6.07, 6.45) is 5.63. The quantitative estimate of drug-likeness (QED) is 0.571. The van der Waals surface area contributed by atoms with Crippen molar-refractivity contribution in [1.82, 2.24) is 0 Å². The van der Waals surface area contributed by atoms with Crippen LogP contribution in [0.1, 0.15) is 46.5 Å². The Balaban J connectivity index is 2.05. The van der Waals surface area contributed by atoms with Gasteiger partial charge in [-0.25, -0.2) is 0 Å². The van der Waals surface area contributed by atoms with Crippen molar-refractivity contribution in [2.24, 2.45) is 17.8 Å². The molecule has 2 rings (SSSR count). The lowest BCUT2D eigenvalue weighted by Crippen LogP contribution is -2.19. The minimum absolute atomic E-state index is 0.0191. The molecule has 0 spiro atoms. The van der Waals surface area contributed by atoms with Crippen LogP contribution in [0, 0.1) is 17.8 Å². The minimum Gasteiger partial charge on any atom is -0.462 e. The zero-order valence-electron chi connectivity index (χ0n) is 11.4. The summed E-state index contributed by atoms with van der Waals surface area (Å²) in [6.45, 7) is 5.78. The molecule has 0 aromatic rings. The van der Waals surface area contributed by atoms with Gasteiger partial charge in [-0.2, -0.15) is 0 Å². The van der Waals surface area contributed by atoms with Gasteiger partial charge in [-0.05, 0) is 32.1 Å². The van der Waals surface area contributed by atoms with Crippen LogP contribution in [-0.4, -0.2) is 17.9 Å². The van der Waals surface area contributed by atoms with Crippen LogP contribution >= 0.6 is 0 Å². The average molecular weight is 250 g/mol. The van der Waals surface area contributed by atoms with Crippen LogP contribution in [0.2, 0.25) is 0 Å². The third kappa shape index (κ3) is 2.65. The van der Waals surface area contributed by atoms with Crippen LogP contribution in [-0.2, 0) is 14.3 Å². The molecule has 0 bridgehead atoms. The molecule has 1 heterocycles. The van der Waals surface area contributed by atoms with Crippen molar-refractivity contribution in [2.75, 3.05) is 0 Å². The zero-order chi connectivity index (χ0) is 13.3. The van der Waals surface area contributed by atoms with E-state index in [0.29, 0.717) is 18.3 Å². The Morgan fingerprint density at radius 3 is 2.83 bits per heavy atom. The molecule has 0 unspecified atom stereocenters. The summed E-state index contributed by atoms with van der Waals surface area (Å²) in [6, 6.07) is 0. The second kappa shape index (κ2) is 5.25. The first kappa shape index (κ1) is 13.3. The van der Waals surface area contributed by atoms with Gasteiger partial charge in [0.1, 0.15) is 11.9 Å². The van der Waals surface area contributed by atoms with Gasteiger partial charge in [0.15, 0.2) is 0 Å². The zero-order valence-corrected chi connectivity index (χ0v) is 11.4. The third-order valence-corrected chi connectivity index (χ3v) is 4.40. The van der Waals surface area contributed by atoms with E-state index in [1.165, 1.54) is 5.57 Å². The van der Waals surface area contributed by atoms with Crippen molar-refractivity contribution < 1.29 is 14.3 Å². The molecular formula is C15H22O3. The van der Waals surface area contributed by atoms with Crippen molar-refractivity contribution in [3.63, 3.8) is 0 Å². The predicted molar refractivity (Wildman–Crippen MR) is 68.9 cm³/mol. The van der Waals surface area contributed by atoms with Gasteiger partial charge in [-0.15, -0.1) is 0 Å². The standard InChI is InChI=1S/C15H22O3/c1-9-8-14-13(11(3)15(17)18-14)7-6-12(9)5-4-10(2)16/h6,9,11,13-14H,4-5,7-8H2,1-3H3/t9-,11-,13+,14-/m0/s1. The Morgan fingerprint density at radius 1 is 1.44 bits per heavy atom. The lowest BCUT2D eigenvalue weighted by atomic mass is 9.87. The largest absolute Gasteiger partial charge is 0.462 e. The van der Waals surface area contributed by atoms with Gasteiger partial charge in [0.2, 0.25) is 0 Å². The summed E-state index contributed by atoms with van der Waals surface area (Å²) in [5, 5.41) is 0. The fourth-order valence-electron chi connectivity index (χ4n) is 3.08. The minimum atomic E-state index is -0.0437. The normalized spacial score (nSPS) is 35.5. The number of Topliss-reactive ketones (excluding diaryl/α,β-unsaturated/α-hetero) is 1. The van der Waals surface area contributed by atoms with Crippen LogP contribution in [0.4, 0.5) is 0 Å². The van der Waals surface area contributed by atoms with E-state index in [2.05, 4.69) is 13.0 Å². The van der Waals surface area contributed by atoms with Gasteiger partial charge in [-0.1, -0.05) is 25.5 Å². The van der Waals surface area contributed by atoms with Crippen LogP contribution in [0.3, 0.4) is 0 Å². The van der Waals surface area contributed by atoms with Gasteiger partial charge in [0.05, 0.1) is 5.92 Å². The second-order valence-electron chi connectivity index (χ2n) is 5.78. The maximum absolute atomic E-state index is 11.6. The number of fused-ring (bicyclic) bond motifs is 1. The fraction of sp³-hybridized carbons (Fsp3) is 0.733. The molecule has 0 radical (unpaired) electrons. The maximum Gasteiger partial charge on any atom is 0.309 e. The van der Waals surface area contributed by atoms with Crippen LogP contribution in [0.25, 0.3) is 0 Å². The van der Waals surface area contributed by atoms with E-state index in [1.54, 1.807) is 6.92 Å². The summed E-state index contributed by atoms with van der Waals surface area (Å²) < 4.78 is 5.46. The van der Waals surface area contributed by atoms with Gasteiger partial charge in [0, 0.05) is 12.3 Å². The lowest BCUT2D eigenvalue weighted by molar-refractivity contribution is -0.144. The summed E-state index contributed by atoms with van der Waals surface area (Å²) in [7, 11) is 0. The number of carbonyl (C=O) groups excluding carboxylic acids is 2. The highest BCUT2D eigenvalue weighted by Gasteiger charge is 2.42. The molecule has 1 aliphatic carbocycles. The Morgan fingerprint density at radius 2 is 2.17 bits per heavy atom. The molecule has 0 aromatic heterocycles. The average Bonchev–Trinajstić information content (AvgIpc) is 2.46. The smallest absolute Gasteiger partial charge is 0.309 e. The number of esters is 1. The van der Waals surface area contributed by atoms with E-state index in [-0.39, 0.29) is 23.8 Å². The van der Waals surface area contributed by atoms with Gasteiger partial charge in [0.25, 0.3) is 0 Å². The molecule has 0 aromatic carbocycles. The van der Waals surface area contributed by atoms with Crippen LogP contribution in [0.15, 0.2) is 11.6 Å². The monoisotopic (exact) mass is 250 g/mol. The fourth-order valence-corrected chi connectivity index (χ4v) is 3.08. The number of ketones is 1. The number of rotatable bonds is 3. The Bertz CT molecular complexity index is 383. The maximum atomic E-state index is 11.6. The summed E-state index contributed by atoms with van der Waals surface area (Å²) in [4.78, 5) is 22.6. The van der Waals surface area contributed by atoms with Crippen LogP contribution < -0.4 is 0 Å². The molecule has 1 aliphatic heterocycles. The van der Waals surface area contributed by atoms with E-state index in [0.717, 1.165) is 19.3 Å². The van der Waals surface area contributed by atoms with E-state index in [9.17, 15) is 9.59 Å². The van der Waals surface area contributed by atoms with Gasteiger partial charge < -0.3 is 9.53 Å². The van der Waals surface area contributed by atoms with Crippen molar-refractivity contribution in [3.8, 4) is 0 Å². The van der Waals surface area contributed by atoms with E-state index < -0.39 is 0 Å². The van der Waals surface area contributed by atoms with Crippen molar-refractivity contribution in [3.05, 3.63) is 11.6 Å². The molecule has 2 aliphatic rings. The lowest BCUT2D eigenvalue weighted by Gasteiger charge is -2.18. The summed E-state index contributed by atoms with van der Waals surface area (Å²) >= 11 is 0. The van der Waals surface area contributed by atoms with Crippen molar-refractivity contribution in [2.45, 2.75) is 52.6 Å². The number of hydrogen-bond acceptors (Lipinski definition) is 3. The molecule has 1 saturated heterocycles. The third-order valence-electron chi connectivity index (χ3n) is 4.40. The Kier molecular flexibility index (Phi) is 3.88. The SMILES string of the molecule is CC(=O)CCC1=CC[C@H]2[C@H](C[C@@H]1C)OC(=O)[C@H]2C. The number of hydrogen-bond donors (Lipinski definition) is 0. The molecular weight excluding hydrogens is 228 g/mol. The number of carbonyl (C=O) groups is 2. The van der Waals surface area contributed by atoms with E-state index in [1.807, 2.05) is 6.92 Å². The number of allylic oxidation sites excluding steroid dienone is 2. The van der Waals surface area contributed by atoms with Crippen molar-refractivity contribution in [1.29, 1.82) is 0 Å². The first-order chi connectivity index (χ1) is 8.49. The van der Waals surface area contributed by atoms with E-state index in [4.69, 9.17) is 4.74 Å². The van der Waals surface area contributed by atoms with Crippen molar-refractivity contribution >= 4 is 11.8 Å². The molecule has 1 fully saturated rings. The van der Waals surface area contributed by atoms with Crippen LogP contribution in [0.5, 0.6) is 0 Å². The first-order valence-electron chi connectivity index (χ1n) is 6.88. The molecule has 3 heteroatoms. The summed E-state index contributed by atoms with van der Waals surface area (Å²) in [5.41, 5.74) is 1.36. The molecule has 100 valence electrons. The van der Waals surface area contributed by atoms with Gasteiger partial charge in [-0.3, -0.25) is 4.79 Å². The Labute approximate surface area is 109 Å².